The Kier molecular flexibility index (Phi) is 10.7. The summed E-state index contributed by atoms with van der Waals surface area (Å²) in [7, 11) is -0.702. The minimum atomic E-state index is -3.82. The van der Waals surface area contributed by atoms with Crippen LogP contribution < -0.4 is 10.6 Å². The molecule has 0 aromatic heterocycles. The SMILES string of the molecule is CN[C@H](C(=O)N[C@H](C(=O)N(C)[C@H](C=C(C)C(=O)O)C(C)C)C(C)(C)S(C)(=O)=O)C(C)(C)c1ccccc1. The number of amides is 2. The van der Waals surface area contributed by atoms with Gasteiger partial charge in [-0.25, -0.2) is 13.2 Å². The van der Waals surface area contributed by atoms with E-state index in [4.69, 9.17) is 0 Å². The molecule has 9 nitrogen and oxygen atoms in total. The summed E-state index contributed by atoms with van der Waals surface area (Å²) in [6, 6.07) is 6.56. The number of benzene rings is 1. The molecular weight excluding hydrogens is 494 g/mol. The quantitative estimate of drug-likeness (QED) is 0.349. The monoisotopic (exact) mass is 537 g/mol. The van der Waals surface area contributed by atoms with Crippen LogP contribution in [0.3, 0.4) is 0 Å². The fourth-order valence-corrected chi connectivity index (χ4v) is 4.84. The van der Waals surface area contributed by atoms with Crippen LogP contribution >= 0.6 is 0 Å². The first-order valence-electron chi connectivity index (χ1n) is 12.2. The topological polar surface area (TPSA) is 133 Å². The van der Waals surface area contributed by atoms with Crippen molar-refractivity contribution in [1.82, 2.24) is 15.5 Å². The third-order valence-corrected chi connectivity index (χ3v) is 9.36. The summed E-state index contributed by atoms with van der Waals surface area (Å²) in [6.07, 6.45) is 2.49. The number of hydrogen-bond acceptors (Lipinski definition) is 6. The number of aliphatic carboxylic acids is 1. The van der Waals surface area contributed by atoms with Crippen LogP contribution in [-0.2, 0) is 29.6 Å². The molecule has 0 aliphatic carbocycles. The van der Waals surface area contributed by atoms with Gasteiger partial charge in [-0.3, -0.25) is 9.59 Å². The maximum atomic E-state index is 13.8. The van der Waals surface area contributed by atoms with Gasteiger partial charge in [-0.05, 0) is 39.3 Å². The van der Waals surface area contributed by atoms with Crippen LogP contribution in [0.4, 0.5) is 0 Å². The van der Waals surface area contributed by atoms with Crippen LogP contribution in [0.15, 0.2) is 42.0 Å². The van der Waals surface area contributed by atoms with Crippen molar-refractivity contribution in [2.24, 2.45) is 5.92 Å². The summed E-state index contributed by atoms with van der Waals surface area (Å²) in [6.45, 7) is 11.7. The molecule has 0 bridgehead atoms. The van der Waals surface area contributed by atoms with Gasteiger partial charge in [0.05, 0.1) is 16.8 Å². The molecule has 0 spiro atoms. The number of carbonyl (C=O) groups excluding carboxylic acids is 2. The second-order valence-electron chi connectivity index (χ2n) is 11.0. The second kappa shape index (κ2) is 12.2. The van der Waals surface area contributed by atoms with Crippen LogP contribution in [-0.4, -0.2) is 79.4 Å². The van der Waals surface area contributed by atoms with Gasteiger partial charge in [0.2, 0.25) is 11.8 Å². The molecule has 0 saturated carbocycles. The number of likely N-dealkylation sites (N-methyl/N-ethyl adjacent to an activating group) is 2. The minimum Gasteiger partial charge on any atom is -0.478 e. The van der Waals surface area contributed by atoms with Crippen molar-refractivity contribution in [3.63, 3.8) is 0 Å². The maximum Gasteiger partial charge on any atom is 0.331 e. The van der Waals surface area contributed by atoms with Crippen molar-refractivity contribution in [2.75, 3.05) is 20.4 Å². The van der Waals surface area contributed by atoms with E-state index in [0.717, 1.165) is 11.8 Å². The fraction of sp³-hybridized carbons (Fsp3) is 0.593. The lowest BCUT2D eigenvalue weighted by atomic mass is 9.77. The van der Waals surface area contributed by atoms with E-state index in [9.17, 15) is 27.9 Å². The highest BCUT2D eigenvalue weighted by atomic mass is 32.2. The number of carbonyl (C=O) groups is 3. The fourth-order valence-electron chi connectivity index (χ4n) is 4.26. The molecule has 3 N–H and O–H groups in total. The lowest BCUT2D eigenvalue weighted by Gasteiger charge is -2.40. The molecule has 3 atom stereocenters. The highest BCUT2D eigenvalue weighted by Crippen LogP contribution is 2.29. The zero-order chi connectivity index (χ0) is 28.9. The zero-order valence-corrected chi connectivity index (χ0v) is 24.4. The van der Waals surface area contributed by atoms with Crippen molar-refractivity contribution < 1.29 is 27.9 Å². The van der Waals surface area contributed by atoms with Crippen molar-refractivity contribution in [3.05, 3.63) is 47.5 Å². The molecule has 0 fully saturated rings. The van der Waals surface area contributed by atoms with E-state index >= 15 is 0 Å². The van der Waals surface area contributed by atoms with Crippen LogP contribution in [0.25, 0.3) is 0 Å². The van der Waals surface area contributed by atoms with Gasteiger partial charge in [-0.1, -0.05) is 64.1 Å². The third kappa shape index (κ3) is 7.41. The number of nitrogens with one attached hydrogen (secondary N) is 2. The summed E-state index contributed by atoms with van der Waals surface area (Å²) in [4.78, 5) is 40.2. The first kappa shape index (κ1) is 32.3. The third-order valence-electron chi connectivity index (χ3n) is 7.21. The average molecular weight is 538 g/mol. The molecule has 0 heterocycles. The van der Waals surface area contributed by atoms with E-state index in [1.165, 1.54) is 38.8 Å². The number of sulfone groups is 1. The molecule has 0 aliphatic rings. The summed E-state index contributed by atoms with van der Waals surface area (Å²) in [5.41, 5.74) is 0.249. The summed E-state index contributed by atoms with van der Waals surface area (Å²) >= 11 is 0. The Morgan fingerprint density at radius 2 is 1.54 bits per heavy atom. The molecule has 208 valence electrons. The Hall–Kier alpha value is -2.72. The van der Waals surface area contributed by atoms with E-state index in [1.807, 2.05) is 58.0 Å². The molecule has 1 rings (SSSR count). The Balaban J connectivity index is 3.54. The standard InChI is InChI=1S/C27H43N3O6S/c1-17(2)20(16-18(3)25(33)34)30(9)24(32)22(27(6,7)37(10,35)36)29-23(31)21(28-8)26(4,5)19-14-12-11-13-15-19/h11-17,20-22,28H,1-10H3,(H,29,31)(H,33,34)/t20-,21-,22-/m1/s1. The number of nitrogens with zero attached hydrogens (tertiary/aromatic N) is 1. The number of rotatable bonds is 12. The molecule has 37 heavy (non-hydrogen) atoms. The molecule has 2 amide bonds. The predicted molar refractivity (Wildman–Crippen MR) is 146 cm³/mol. The van der Waals surface area contributed by atoms with E-state index in [1.54, 1.807) is 7.05 Å². The first-order chi connectivity index (χ1) is 16.8. The number of hydrogen-bond donors (Lipinski definition) is 3. The minimum absolute atomic E-state index is 0.0566. The Morgan fingerprint density at radius 1 is 1.03 bits per heavy atom. The van der Waals surface area contributed by atoms with Gasteiger partial charge in [0, 0.05) is 24.3 Å². The van der Waals surface area contributed by atoms with Gasteiger partial charge in [-0.15, -0.1) is 0 Å². The van der Waals surface area contributed by atoms with Gasteiger partial charge in [0.25, 0.3) is 0 Å². The lowest BCUT2D eigenvalue weighted by Crippen LogP contribution is -2.65. The zero-order valence-electron chi connectivity index (χ0n) is 23.6. The lowest BCUT2D eigenvalue weighted by molar-refractivity contribution is -0.138. The van der Waals surface area contributed by atoms with Gasteiger partial charge in [0.15, 0.2) is 9.84 Å². The Bertz CT molecular complexity index is 1110. The highest BCUT2D eigenvalue weighted by Gasteiger charge is 2.48. The molecule has 1 aromatic carbocycles. The first-order valence-corrected chi connectivity index (χ1v) is 14.1. The predicted octanol–water partition coefficient (Wildman–Crippen LogP) is 2.37. The summed E-state index contributed by atoms with van der Waals surface area (Å²) in [5, 5.41) is 15.1. The summed E-state index contributed by atoms with van der Waals surface area (Å²) in [5.74, 6) is -2.46. The normalized spacial score (nSPS) is 15.6. The molecule has 1 aromatic rings. The van der Waals surface area contributed by atoms with Crippen molar-refractivity contribution in [1.29, 1.82) is 0 Å². The molecule has 0 aliphatic heterocycles. The molecule has 0 unspecified atom stereocenters. The van der Waals surface area contributed by atoms with Crippen LogP contribution in [0.5, 0.6) is 0 Å². The maximum absolute atomic E-state index is 13.8. The van der Waals surface area contributed by atoms with Crippen molar-refractivity contribution in [2.45, 2.75) is 76.8 Å². The van der Waals surface area contributed by atoms with E-state index in [2.05, 4.69) is 10.6 Å². The van der Waals surface area contributed by atoms with Gasteiger partial charge >= 0.3 is 5.97 Å². The molecular formula is C27H43N3O6S. The van der Waals surface area contributed by atoms with E-state index < -0.39 is 55.9 Å². The molecule has 0 radical (unpaired) electrons. The Labute approximate surface area is 221 Å². The van der Waals surface area contributed by atoms with Gasteiger partial charge in [0.1, 0.15) is 6.04 Å². The highest BCUT2D eigenvalue weighted by molar-refractivity contribution is 7.92. The van der Waals surface area contributed by atoms with Crippen molar-refractivity contribution in [3.8, 4) is 0 Å². The summed E-state index contributed by atoms with van der Waals surface area (Å²) < 4.78 is 24.0. The molecule has 10 heteroatoms. The average Bonchev–Trinajstić information content (AvgIpc) is 2.79. The largest absolute Gasteiger partial charge is 0.478 e. The van der Waals surface area contributed by atoms with E-state index in [-0.39, 0.29) is 11.5 Å². The number of carboxylic acid groups (broad SMARTS) is 1. The smallest absolute Gasteiger partial charge is 0.331 e. The second-order valence-corrected chi connectivity index (χ2v) is 13.6. The van der Waals surface area contributed by atoms with Gasteiger partial charge in [-0.2, -0.15) is 0 Å². The number of carboxylic acids is 1. The Morgan fingerprint density at radius 3 is 1.95 bits per heavy atom. The van der Waals surface area contributed by atoms with Crippen LogP contribution in [0.2, 0.25) is 0 Å². The van der Waals surface area contributed by atoms with Crippen molar-refractivity contribution >= 4 is 27.6 Å². The van der Waals surface area contributed by atoms with E-state index in [0.29, 0.717) is 0 Å². The van der Waals surface area contributed by atoms with Gasteiger partial charge < -0.3 is 20.6 Å². The van der Waals surface area contributed by atoms with Crippen LogP contribution in [0, 0.1) is 5.92 Å². The molecule has 0 saturated heterocycles. The van der Waals surface area contributed by atoms with Crippen LogP contribution in [0.1, 0.15) is 54.0 Å².